The molecule has 0 aliphatic carbocycles. The van der Waals surface area contributed by atoms with Crippen LogP contribution in [0.5, 0.6) is 11.5 Å². The lowest BCUT2D eigenvalue weighted by Crippen LogP contribution is -2.36. The number of hydrogen-bond donors (Lipinski definition) is 1. The van der Waals surface area contributed by atoms with E-state index in [2.05, 4.69) is 4.90 Å². The number of ether oxygens (including phenoxy) is 1. The second kappa shape index (κ2) is 7.29. The predicted molar refractivity (Wildman–Crippen MR) is 89.5 cm³/mol. The molecule has 0 radical (unpaired) electrons. The molecule has 0 saturated carbocycles. The number of aromatic hydroxyl groups is 1. The molecule has 2 aromatic rings. The molecule has 0 atom stereocenters. The number of carbonyl (C=O) groups excluding carboxylic acids is 1. The molecule has 1 heterocycles. The predicted octanol–water partition coefficient (Wildman–Crippen LogP) is 3.45. The minimum atomic E-state index is -0.204. The van der Waals surface area contributed by atoms with Crippen molar-refractivity contribution < 1.29 is 14.6 Å². The van der Waals surface area contributed by atoms with Crippen LogP contribution < -0.4 is 4.74 Å². The summed E-state index contributed by atoms with van der Waals surface area (Å²) in [6.07, 6.45) is 3.58. The lowest BCUT2D eigenvalue weighted by Gasteiger charge is -2.25. The number of benzene rings is 2. The number of nitrogens with zero attached hydrogens (tertiary/aromatic N) is 1. The topological polar surface area (TPSA) is 49.8 Å². The maximum Gasteiger partial charge on any atom is 0.325 e. The number of esters is 1. The molecule has 23 heavy (non-hydrogen) atoms. The Bertz CT molecular complexity index is 643. The van der Waals surface area contributed by atoms with Crippen LogP contribution in [-0.4, -0.2) is 35.6 Å². The number of carbonyl (C=O) groups is 1. The molecule has 3 rings (SSSR count). The fourth-order valence-corrected chi connectivity index (χ4v) is 2.83. The van der Waals surface area contributed by atoms with Gasteiger partial charge in [-0.05, 0) is 61.3 Å². The van der Waals surface area contributed by atoms with Crippen molar-refractivity contribution in [1.29, 1.82) is 0 Å². The first-order valence-corrected chi connectivity index (χ1v) is 8.03. The average Bonchev–Trinajstić information content (AvgIpc) is 2.57. The SMILES string of the molecule is O=C(CN1CCCCC1)Oc1ccc(-c2ccc(O)cc2)cc1. The number of likely N-dealkylation sites (tertiary alicyclic amines) is 1. The Morgan fingerprint density at radius 3 is 2.09 bits per heavy atom. The van der Waals surface area contributed by atoms with Gasteiger partial charge < -0.3 is 9.84 Å². The Hall–Kier alpha value is -2.33. The van der Waals surface area contributed by atoms with Crippen LogP contribution in [0, 0.1) is 0 Å². The summed E-state index contributed by atoms with van der Waals surface area (Å²) in [6, 6.07) is 14.4. The van der Waals surface area contributed by atoms with Crippen LogP contribution in [0.3, 0.4) is 0 Å². The number of piperidine rings is 1. The molecule has 4 heteroatoms. The van der Waals surface area contributed by atoms with E-state index in [0.717, 1.165) is 37.1 Å². The summed E-state index contributed by atoms with van der Waals surface area (Å²) in [7, 11) is 0. The van der Waals surface area contributed by atoms with Crippen molar-refractivity contribution in [2.75, 3.05) is 19.6 Å². The fourth-order valence-electron chi connectivity index (χ4n) is 2.83. The Balaban J connectivity index is 1.58. The molecule has 1 saturated heterocycles. The number of hydrogen-bond acceptors (Lipinski definition) is 4. The first-order valence-electron chi connectivity index (χ1n) is 8.03. The van der Waals surface area contributed by atoms with Crippen LogP contribution >= 0.6 is 0 Å². The first kappa shape index (κ1) is 15.6. The standard InChI is InChI=1S/C19H21NO3/c21-17-8-4-15(5-9-17)16-6-10-18(11-7-16)23-19(22)14-20-12-2-1-3-13-20/h4-11,21H,1-3,12-14H2. The molecule has 4 nitrogen and oxygen atoms in total. The Kier molecular flexibility index (Phi) is 4.93. The van der Waals surface area contributed by atoms with Gasteiger partial charge in [0.2, 0.25) is 0 Å². The van der Waals surface area contributed by atoms with Crippen molar-refractivity contribution >= 4 is 5.97 Å². The Labute approximate surface area is 136 Å². The van der Waals surface area contributed by atoms with Gasteiger partial charge in [-0.2, -0.15) is 0 Å². The fraction of sp³-hybridized carbons (Fsp3) is 0.316. The maximum atomic E-state index is 12.0. The third-order valence-electron chi connectivity index (χ3n) is 4.09. The molecular formula is C19H21NO3. The van der Waals surface area contributed by atoms with Crippen LogP contribution in [0.2, 0.25) is 0 Å². The summed E-state index contributed by atoms with van der Waals surface area (Å²) in [5.74, 6) is 0.607. The number of rotatable bonds is 4. The molecule has 0 bridgehead atoms. The van der Waals surface area contributed by atoms with Crippen molar-refractivity contribution in [2.24, 2.45) is 0 Å². The number of phenolic OH excluding ortho intramolecular Hbond substituents is 1. The molecule has 2 aromatic carbocycles. The third kappa shape index (κ3) is 4.33. The van der Waals surface area contributed by atoms with E-state index in [0.29, 0.717) is 12.3 Å². The van der Waals surface area contributed by atoms with Crippen LogP contribution in [0.15, 0.2) is 48.5 Å². The van der Waals surface area contributed by atoms with Crippen LogP contribution in [0.1, 0.15) is 19.3 Å². The van der Waals surface area contributed by atoms with Gasteiger partial charge in [0.05, 0.1) is 6.54 Å². The molecule has 1 fully saturated rings. The lowest BCUT2D eigenvalue weighted by molar-refractivity contribution is -0.135. The van der Waals surface area contributed by atoms with Crippen molar-refractivity contribution in [3.63, 3.8) is 0 Å². The van der Waals surface area contributed by atoms with Gasteiger partial charge in [-0.15, -0.1) is 0 Å². The van der Waals surface area contributed by atoms with Crippen molar-refractivity contribution in [1.82, 2.24) is 4.90 Å². The van der Waals surface area contributed by atoms with Crippen LogP contribution in [0.4, 0.5) is 0 Å². The molecule has 1 aliphatic rings. The molecule has 0 spiro atoms. The van der Waals surface area contributed by atoms with E-state index in [9.17, 15) is 9.90 Å². The highest BCUT2D eigenvalue weighted by atomic mass is 16.5. The zero-order valence-corrected chi connectivity index (χ0v) is 13.1. The zero-order chi connectivity index (χ0) is 16.1. The molecule has 0 aromatic heterocycles. The highest BCUT2D eigenvalue weighted by molar-refractivity contribution is 5.75. The smallest absolute Gasteiger partial charge is 0.325 e. The van der Waals surface area contributed by atoms with Gasteiger partial charge in [0.15, 0.2) is 0 Å². The lowest BCUT2D eigenvalue weighted by atomic mass is 10.1. The molecule has 0 unspecified atom stereocenters. The van der Waals surface area contributed by atoms with E-state index in [1.807, 2.05) is 24.3 Å². The van der Waals surface area contributed by atoms with Gasteiger partial charge in [-0.3, -0.25) is 9.69 Å². The molecule has 0 amide bonds. The Morgan fingerprint density at radius 2 is 1.48 bits per heavy atom. The van der Waals surface area contributed by atoms with E-state index >= 15 is 0 Å². The van der Waals surface area contributed by atoms with Gasteiger partial charge in [0, 0.05) is 0 Å². The van der Waals surface area contributed by atoms with Gasteiger partial charge in [0.25, 0.3) is 0 Å². The summed E-state index contributed by atoms with van der Waals surface area (Å²) >= 11 is 0. The van der Waals surface area contributed by atoms with Crippen LogP contribution in [-0.2, 0) is 4.79 Å². The molecule has 1 aliphatic heterocycles. The zero-order valence-electron chi connectivity index (χ0n) is 13.1. The van der Waals surface area contributed by atoms with E-state index in [1.54, 1.807) is 24.3 Å². The number of phenols is 1. The quantitative estimate of drug-likeness (QED) is 0.694. The normalized spacial score (nSPS) is 15.3. The molecule has 120 valence electrons. The van der Waals surface area contributed by atoms with Crippen molar-refractivity contribution in [3.8, 4) is 22.6 Å². The van der Waals surface area contributed by atoms with Gasteiger partial charge >= 0.3 is 5.97 Å². The summed E-state index contributed by atoms with van der Waals surface area (Å²) in [4.78, 5) is 14.1. The van der Waals surface area contributed by atoms with Crippen molar-refractivity contribution in [3.05, 3.63) is 48.5 Å². The van der Waals surface area contributed by atoms with Gasteiger partial charge in [-0.25, -0.2) is 0 Å². The Morgan fingerprint density at radius 1 is 0.913 bits per heavy atom. The van der Waals surface area contributed by atoms with Crippen LogP contribution in [0.25, 0.3) is 11.1 Å². The summed E-state index contributed by atoms with van der Waals surface area (Å²) < 4.78 is 5.41. The van der Waals surface area contributed by atoms with E-state index in [1.165, 1.54) is 6.42 Å². The van der Waals surface area contributed by atoms with Gasteiger partial charge in [-0.1, -0.05) is 30.7 Å². The highest BCUT2D eigenvalue weighted by Gasteiger charge is 2.15. The largest absolute Gasteiger partial charge is 0.508 e. The van der Waals surface area contributed by atoms with Crippen molar-refractivity contribution in [2.45, 2.75) is 19.3 Å². The summed E-state index contributed by atoms with van der Waals surface area (Å²) in [5.41, 5.74) is 2.02. The van der Waals surface area contributed by atoms with E-state index in [-0.39, 0.29) is 11.7 Å². The highest BCUT2D eigenvalue weighted by Crippen LogP contribution is 2.24. The third-order valence-corrected chi connectivity index (χ3v) is 4.09. The summed E-state index contributed by atoms with van der Waals surface area (Å²) in [6.45, 7) is 2.32. The minimum absolute atomic E-state index is 0.204. The molecular weight excluding hydrogens is 290 g/mol. The second-order valence-electron chi connectivity index (χ2n) is 5.88. The molecule has 1 N–H and O–H groups in total. The maximum absolute atomic E-state index is 12.0. The summed E-state index contributed by atoms with van der Waals surface area (Å²) in [5, 5.41) is 9.32. The van der Waals surface area contributed by atoms with E-state index in [4.69, 9.17) is 4.74 Å². The van der Waals surface area contributed by atoms with E-state index < -0.39 is 0 Å². The van der Waals surface area contributed by atoms with Gasteiger partial charge in [0.1, 0.15) is 11.5 Å². The average molecular weight is 311 g/mol. The second-order valence-corrected chi connectivity index (χ2v) is 5.88. The monoisotopic (exact) mass is 311 g/mol. The first-order chi connectivity index (χ1) is 11.2. The minimum Gasteiger partial charge on any atom is -0.508 e.